The van der Waals surface area contributed by atoms with Crippen LogP contribution in [-0.4, -0.2) is 84.2 Å². The Labute approximate surface area is 190 Å². The smallest absolute Gasteiger partial charge is 0.239 e. The number of hydrogen-bond donors (Lipinski definition) is 1. The zero-order valence-electron chi connectivity index (χ0n) is 19.1. The average molecular weight is 460 g/mol. The van der Waals surface area contributed by atoms with E-state index in [4.69, 9.17) is 5.10 Å². The highest BCUT2D eigenvalue weighted by atomic mass is 32.2. The van der Waals surface area contributed by atoms with Gasteiger partial charge in [-0.05, 0) is 18.6 Å². The lowest BCUT2D eigenvalue weighted by Crippen LogP contribution is -2.52. The summed E-state index contributed by atoms with van der Waals surface area (Å²) in [5.41, 5.74) is 1.68. The summed E-state index contributed by atoms with van der Waals surface area (Å²) in [5.74, 6) is 1.17. The molecular formula is C23H33N5O3S. The molecule has 1 aromatic heterocycles. The minimum atomic E-state index is -2.88. The van der Waals surface area contributed by atoms with Gasteiger partial charge in [-0.1, -0.05) is 39.0 Å². The van der Waals surface area contributed by atoms with Gasteiger partial charge in [0.1, 0.15) is 5.82 Å². The van der Waals surface area contributed by atoms with Crippen molar-refractivity contribution in [3.05, 3.63) is 42.1 Å². The molecule has 1 amide bonds. The Hall–Kier alpha value is -2.23. The molecule has 8 nitrogen and oxygen atoms in total. The highest BCUT2D eigenvalue weighted by molar-refractivity contribution is 7.91. The van der Waals surface area contributed by atoms with Gasteiger partial charge in [0.05, 0.1) is 29.4 Å². The van der Waals surface area contributed by atoms with Crippen LogP contribution in [0.3, 0.4) is 0 Å². The molecule has 2 aliphatic rings. The molecule has 0 radical (unpaired) electrons. The number of carbonyl (C=O) groups is 1. The maximum absolute atomic E-state index is 12.9. The summed E-state index contributed by atoms with van der Waals surface area (Å²) in [6.07, 6.45) is 0.725. The molecule has 0 unspecified atom stereocenters. The van der Waals surface area contributed by atoms with Crippen LogP contribution in [0.5, 0.6) is 0 Å². The average Bonchev–Trinajstić information content (AvgIpc) is 3.32. The van der Waals surface area contributed by atoms with Gasteiger partial charge in [-0.3, -0.25) is 14.6 Å². The monoisotopic (exact) mass is 459 g/mol. The van der Waals surface area contributed by atoms with Crippen LogP contribution in [0.1, 0.15) is 32.9 Å². The Bertz CT molecular complexity index is 1050. The van der Waals surface area contributed by atoms with Gasteiger partial charge in [0.25, 0.3) is 0 Å². The first-order valence-electron chi connectivity index (χ1n) is 11.2. The number of anilines is 1. The molecule has 2 aliphatic heterocycles. The van der Waals surface area contributed by atoms with Crippen molar-refractivity contribution in [2.45, 2.75) is 38.6 Å². The molecule has 9 heteroatoms. The predicted molar refractivity (Wildman–Crippen MR) is 126 cm³/mol. The molecular weight excluding hydrogens is 426 g/mol. The summed E-state index contributed by atoms with van der Waals surface area (Å²) < 4.78 is 25.3. The number of hydrogen-bond acceptors (Lipinski definition) is 6. The van der Waals surface area contributed by atoms with Crippen molar-refractivity contribution in [1.82, 2.24) is 19.6 Å². The van der Waals surface area contributed by atoms with Gasteiger partial charge in [0.2, 0.25) is 5.91 Å². The molecule has 0 aliphatic carbocycles. The molecule has 1 aromatic carbocycles. The van der Waals surface area contributed by atoms with E-state index in [1.807, 2.05) is 36.4 Å². The summed E-state index contributed by atoms with van der Waals surface area (Å²) in [6, 6.07) is 11.9. The van der Waals surface area contributed by atoms with Gasteiger partial charge >= 0.3 is 0 Å². The van der Waals surface area contributed by atoms with Crippen LogP contribution >= 0.6 is 0 Å². The van der Waals surface area contributed by atoms with Crippen molar-refractivity contribution in [2.24, 2.45) is 0 Å². The Morgan fingerprint density at radius 2 is 1.81 bits per heavy atom. The molecule has 0 spiro atoms. The van der Waals surface area contributed by atoms with Crippen LogP contribution in [0, 0.1) is 0 Å². The van der Waals surface area contributed by atoms with Crippen molar-refractivity contribution in [3.8, 4) is 5.69 Å². The fraction of sp³-hybridized carbons (Fsp3) is 0.565. The second kappa shape index (κ2) is 8.96. The van der Waals surface area contributed by atoms with Crippen LogP contribution in [-0.2, 0) is 20.0 Å². The lowest BCUT2D eigenvalue weighted by atomic mass is 9.92. The first kappa shape index (κ1) is 22.9. The summed E-state index contributed by atoms with van der Waals surface area (Å²) in [5, 5.41) is 7.80. The number of benzene rings is 1. The van der Waals surface area contributed by atoms with E-state index in [2.05, 4.69) is 35.9 Å². The van der Waals surface area contributed by atoms with Crippen LogP contribution in [0.15, 0.2) is 36.4 Å². The Morgan fingerprint density at radius 3 is 2.41 bits per heavy atom. The Balaban J connectivity index is 1.38. The molecule has 1 atom stereocenters. The second-order valence-electron chi connectivity index (χ2n) is 9.83. The number of nitrogens with zero attached hydrogens (tertiary/aromatic N) is 4. The minimum Gasteiger partial charge on any atom is -0.309 e. The predicted octanol–water partition coefficient (Wildman–Crippen LogP) is 1.91. The molecule has 3 heterocycles. The fourth-order valence-electron chi connectivity index (χ4n) is 4.34. The quantitative estimate of drug-likeness (QED) is 0.735. The molecule has 2 aromatic rings. The van der Waals surface area contributed by atoms with Gasteiger partial charge in [0, 0.05) is 43.7 Å². The zero-order chi connectivity index (χ0) is 22.9. The number of amides is 1. The van der Waals surface area contributed by atoms with Gasteiger partial charge in [-0.15, -0.1) is 0 Å². The summed E-state index contributed by atoms with van der Waals surface area (Å²) in [7, 11) is -2.88. The number of sulfone groups is 1. The summed E-state index contributed by atoms with van der Waals surface area (Å²) >= 11 is 0. The van der Waals surface area contributed by atoms with Gasteiger partial charge in [-0.25, -0.2) is 13.1 Å². The Morgan fingerprint density at radius 1 is 1.12 bits per heavy atom. The van der Waals surface area contributed by atoms with E-state index in [9.17, 15) is 13.2 Å². The van der Waals surface area contributed by atoms with Crippen molar-refractivity contribution >= 4 is 21.6 Å². The lowest BCUT2D eigenvalue weighted by Gasteiger charge is -2.37. The molecule has 0 bridgehead atoms. The van der Waals surface area contributed by atoms with E-state index in [-0.39, 0.29) is 23.1 Å². The largest absolute Gasteiger partial charge is 0.309 e. The number of carbonyl (C=O) groups excluding carboxylic acids is 1. The standard InChI is InChI=1S/C23H33N5O3S/c1-23(2,3)20-15-21(28(25-20)18-7-5-4-6-8-18)24-22(29)16-26-10-12-27(13-11-26)19-9-14-32(30,31)17-19/h4-8,15,19H,9-14,16-17H2,1-3H3,(H,24,29)/t19-/m0/s1. The van der Waals surface area contributed by atoms with Crippen molar-refractivity contribution in [2.75, 3.05) is 49.5 Å². The zero-order valence-corrected chi connectivity index (χ0v) is 19.9. The number of piperazine rings is 1. The fourth-order valence-corrected chi connectivity index (χ4v) is 6.10. The SMILES string of the molecule is CC(C)(C)c1cc(NC(=O)CN2CCN([C@H]3CCS(=O)(=O)C3)CC2)n(-c2ccccc2)n1. The highest BCUT2D eigenvalue weighted by Crippen LogP contribution is 2.26. The molecule has 2 saturated heterocycles. The van der Waals surface area contributed by atoms with Crippen LogP contribution < -0.4 is 5.32 Å². The maximum Gasteiger partial charge on any atom is 0.239 e. The number of rotatable bonds is 5. The van der Waals surface area contributed by atoms with Crippen LogP contribution in [0.4, 0.5) is 5.82 Å². The maximum atomic E-state index is 12.9. The van der Waals surface area contributed by atoms with Crippen molar-refractivity contribution in [3.63, 3.8) is 0 Å². The number of nitrogens with one attached hydrogen (secondary N) is 1. The summed E-state index contributed by atoms with van der Waals surface area (Å²) in [6.45, 7) is 9.72. The number of para-hydroxylation sites is 1. The van der Waals surface area contributed by atoms with Crippen LogP contribution in [0.2, 0.25) is 0 Å². The second-order valence-corrected chi connectivity index (χ2v) is 12.1. The molecule has 4 rings (SSSR count). The molecule has 1 N–H and O–H groups in total. The van der Waals surface area contributed by atoms with E-state index >= 15 is 0 Å². The first-order chi connectivity index (χ1) is 15.1. The van der Waals surface area contributed by atoms with E-state index in [0.29, 0.717) is 18.1 Å². The first-order valence-corrected chi connectivity index (χ1v) is 13.1. The summed E-state index contributed by atoms with van der Waals surface area (Å²) in [4.78, 5) is 17.3. The van der Waals surface area contributed by atoms with E-state index in [1.165, 1.54) is 0 Å². The lowest BCUT2D eigenvalue weighted by molar-refractivity contribution is -0.117. The van der Waals surface area contributed by atoms with Crippen molar-refractivity contribution < 1.29 is 13.2 Å². The third-order valence-electron chi connectivity index (χ3n) is 6.24. The van der Waals surface area contributed by atoms with Crippen LogP contribution in [0.25, 0.3) is 5.69 Å². The van der Waals surface area contributed by atoms with E-state index < -0.39 is 9.84 Å². The van der Waals surface area contributed by atoms with E-state index in [0.717, 1.165) is 44.0 Å². The van der Waals surface area contributed by atoms with Gasteiger partial charge in [0.15, 0.2) is 9.84 Å². The van der Waals surface area contributed by atoms with Gasteiger partial charge < -0.3 is 5.32 Å². The van der Waals surface area contributed by atoms with Gasteiger partial charge in [-0.2, -0.15) is 5.10 Å². The minimum absolute atomic E-state index is 0.0700. The normalized spacial score (nSPS) is 22.2. The molecule has 32 heavy (non-hydrogen) atoms. The molecule has 174 valence electrons. The third-order valence-corrected chi connectivity index (χ3v) is 8.00. The van der Waals surface area contributed by atoms with E-state index in [1.54, 1.807) is 4.68 Å². The van der Waals surface area contributed by atoms with Crippen molar-refractivity contribution in [1.29, 1.82) is 0 Å². The Kier molecular flexibility index (Phi) is 6.42. The topological polar surface area (TPSA) is 87.5 Å². The molecule has 2 fully saturated rings. The highest BCUT2D eigenvalue weighted by Gasteiger charge is 2.34. The molecule has 0 saturated carbocycles. The third kappa shape index (κ3) is 5.39. The number of aromatic nitrogens is 2.